The van der Waals surface area contributed by atoms with Crippen molar-refractivity contribution in [1.82, 2.24) is 5.43 Å². The molecule has 154 valence electrons. The molecule has 0 radical (unpaired) electrons. The largest absolute Gasteiger partial charge is 0.490 e. The Kier molecular flexibility index (Phi) is 7.97. The number of nitrogens with one attached hydrogen (secondary N) is 1. The molecule has 8 nitrogen and oxygen atoms in total. The molecule has 0 heterocycles. The Morgan fingerprint density at radius 2 is 2.07 bits per heavy atom. The van der Waals surface area contributed by atoms with Crippen LogP contribution in [0.3, 0.4) is 0 Å². The summed E-state index contributed by atoms with van der Waals surface area (Å²) in [6.45, 7) is 6.82. The van der Waals surface area contributed by atoms with E-state index in [1.807, 2.05) is 20.8 Å². The van der Waals surface area contributed by atoms with Crippen LogP contribution in [0.15, 0.2) is 41.5 Å². The van der Waals surface area contributed by atoms with Crippen molar-refractivity contribution < 1.29 is 19.2 Å². The number of rotatable bonds is 9. The predicted octanol–water partition coefficient (Wildman–Crippen LogP) is 4.45. The van der Waals surface area contributed by atoms with Crippen LogP contribution in [0.1, 0.15) is 36.7 Å². The molecule has 2 aromatic carbocycles. The normalized spacial score (nSPS) is 10.9. The van der Waals surface area contributed by atoms with E-state index in [0.717, 1.165) is 0 Å². The van der Waals surface area contributed by atoms with Crippen LogP contribution in [-0.2, 0) is 0 Å². The first-order chi connectivity index (χ1) is 13.8. The third-order valence-corrected chi connectivity index (χ3v) is 3.87. The number of benzene rings is 2. The van der Waals surface area contributed by atoms with E-state index in [2.05, 4.69) is 10.5 Å². The van der Waals surface area contributed by atoms with E-state index < -0.39 is 10.8 Å². The molecule has 1 N–H and O–H groups in total. The number of carbonyl (C=O) groups excluding carboxylic acids is 1. The van der Waals surface area contributed by atoms with Crippen molar-refractivity contribution in [2.75, 3.05) is 13.2 Å². The number of amides is 1. The third-order valence-electron chi connectivity index (χ3n) is 3.59. The fourth-order valence-corrected chi connectivity index (χ4v) is 2.58. The Balaban J connectivity index is 2.14. The first kappa shape index (κ1) is 22.2. The van der Waals surface area contributed by atoms with E-state index in [0.29, 0.717) is 41.2 Å². The zero-order valence-corrected chi connectivity index (χ0v) is 17.1. The fourth-order valence-electron chi connectivity index (χ4n) is 2.31. The molecule has 2 rings (SSSR count). The van der Waals surface area contributed by atoms with Gasteiger partial charge in [-0.2, -0.15) is 5.10 Å². The Labute approximate surface area is 173 Å². The summed E-state index contributed by atoms with van der Waals surface area (Å²) in [6.07, 6.45) is 1.40. The van der Waals surface area contributed by atoms with Crippen molar-refractivity contribution in [2.45, 2.75) is 20.8 Å². The van der Waals surface area contributed by atoms with Crippen LogP contribution in [-0.4, -0.2) is 30.3 Å². The molecule has 0 saturated heterocycles. The summed E-state index contributed by atoms with van der Waals surface area (Å²) in [4.78, 5) is 22.4. The number of nitrogens with zero attached hydrogens (tertiary/aromatic N) is 2. The lowest BCUT2D eigenvalue weighted by Gasteiger charge is -2.15. The maximum Gasteiger partial charge on any atom is 0.271 e. The van der Waals surface area contributed by atoms with Crippen LogP contribution in [0.5, 0.6) is 11.5 Å². The molecule has 0 bridgehead atoms. The monoisotopic (exact) mass is 419 g/mol. The van der Waals surface area contributed by atoms with Crippen LogP contribution in [0, 0.1) is 16.0 Å². The highest BCUT2D eigenvalue weighted by Gasteiger charge is 2.13. The van der Waals surface area contributed by atoms with Gasteiger partial charge in [-0.05, 0) is 36.6 Å². The maximum atomic E-state index is 12.1. The van der Waals surface area contributed by atoms with Gasteiger partial charge in [0.15, 0.2) is 11.5 Å². The number of nitro benzene ring substituents is 1. The smallest absolute Gasteiger partial charge is 0.271 e. The SMILES string of the molecule is CCOc1cc(/C=N/NC(=O)c2cccc([N+](=O)[O-])c2)cc(Cl)c1OCC(C)C. The fraction of sp³-hybridized carbons (Fsp3) is 0.300. The third kappa shape index (κ3) is 6.46. The molecule has 0 spiro atoms. The molecule has 2 aromatic rings. The molecule has 0 saturated carbocycles. The summed E-state index contributed by atoms with van der Waals surface area (Å²) in [5.74, 6) is 0.691. The Morgan fingerprint density at radius 3 is 2.72 bits per heavy atom. The average Bonchev–Trinajstić information content (AvgIpc) is 2.67. The molecule has 0 aliphatic carbocycles. The molecule has 0 atom stereocenters. The highest BCUT2D eigenvalue weighted by Crippen LogP contribution is 2.36. The molecule has 1 amide bonds. The van der Waals surface area contributed by atoms with Crippen molar-refractivity contribution >= 4 is 29.4 Å². The minimum Gasteiger partial charge on any atom is -0.490 e. The molecule has 29 heavy (non-hydrogen) atoms. The number of hydrogen-bond acceptors (Lipinski definition) is 6. The lowest BCUT2D eigenvalue weighted by atomic mass is 10.2. The predicted molar refractivity (Wildman–Crippen MR) is 111 cm³/mol. The van der Waals surface area contributed by atoms with Gasteiger partial charge >= 0.3 is 0 Å². The highest BCUT2D eigenvalue weighted by molar-refractivity contribution is 6.32. The van der Waals surface area contributed by atoms with Crippen molar-refractivity contribution in [3.63, 3.8) is 0 Å². The first-order valence-corrected chi connectivity index (χ1v) is 9.36. The van der Waals surface area contributed by atoms with Gasteiger partial charge in [-0.15, -0.1) is 0 Å². The number of carbonyl (C=O) groups is 1. The summed E-state index contributed by atoms with van der Waals surface area (Å²) < 4.78 is 11.3. The Hall–Kier alpha value is -3.13. The van der Waals surface area contributed by atoms with Gasteiger partial charge in [-0.1, -0.05) is 31.5 Å². The van der Waals surface area contributed by atoms with Gasteiger partial charge in [0.05, 0.1) is 29.4 Å². The molecular formula is C20H22ClN3O5. The van der Waals surface area contributed by atoms with Crippen molar-refractivity contribution in [3.05, 3.63) is 62.7 Å². The zero-order chi connectivity index (χ0) is 21.4. The summed E-state index contributed by atoms with van der Waals surface area (Å²) >= 11 is 6.32. The standard InChI is InChI=1S/C20H22ClN3O5/c1-4-28-18-9-14(8-17(21)19(18)29-12-13(2)3)11-22-23-20(25)15-6-5-7-16(10-15)24(26)27/h5-11,13H,4,12H2,1-3H3,(H,23,25)/b22-11+. The molecule has 0 aliphatic rings. The summed E-state index contributed by atoms with van der Waals surface area (Å²) in [5, 5.41) is 15.1. The number of non-ortho nitro benzene ring substituents is 1. The minimum atomic E-state index is -0.571. The number of halogens is 1. The number of ether oxygens (including phenoxy) is 2. The second kappa shape index (κ2) is 10.4. The molecule has 0 unspecified atom stereocenters. The Morgan fingerprint density at radius 1 is 1.31 bits per heavy atom. The summed E-state index contributed by atoms with van der Waals surface area (Å²) in [7, 11) is 0. The Bertz CT molecular complexity index is 915. The van der Waals surface area contributed by atoms with Crippen LogP contribution < -0.4 is 14.9 Å². The van der Waals surface area contributed by atoms with Gasteiger partial charge < -0.3 is 9.47 Å². The van der Waals surface area contributed by atoms with Gasteiger partial charge in [-0.3, -0.25) is 14.9 Å². The van der Waals surface area contributed by atoms with Crippen molar-refractivity contribution in [2.24, 2.45) is 11.0 Å². The van der Waals surface area contributed by atoms with Crippen LogP contribution in [0.2, 0.25) is 5.02 Å². The van der Waals surface area contributed by atoms with Crippen LogP contribution in [0.25, 0.3) is 0 Å². The van der Waals surface area contributed by atoms with E-state index in [-0.39, 0.29) is 11.3 Å². The number of nitro groups is 1. The van der Waals surface area contributed by atoms with Gasteiger partial charge in [0.25, 0.3) is 11.6 Å². The van der Waals surface area contributed by atoms with E-state index in [1.54, 1.807) is 12.1 Å². The first-order valence-electron chi connectivity index (χ1n) is 8.98. The minimum absolute atomic E-state index is 0.127. The van der Waals surface area contributed by atoms with Gasteiger partial charge in [-0.25, -0.2) is 5.43 Å². The quantitative estimate of drug-likeness (QED) is 0.367. The van der Waals surface area contributed by atoms with Crippen LogP contribution >= 0.6 is 11.6 Å². The van der Waals surface area contributed by atoms with Crippen molar-refractivity contribution in [1.29, 1.82) is 0 Å². The van der Waals surface area contributed by atoms with Gasteiger partial charge in [0.2, 0.25) is 0 Å². The highest BCUT2D eigenvalue weighted by atomic mass is 35.5. The molecule has 0 aliphatic heterocycles. The van der Waals surface area contributed by atoms with E-state index in [4.69, 9.17) is 21.1 Å². The summed E-state index contributed by atoms with van der Waals surface area (Å²) in [6, 6.07) is 8.72. The van der Waals surface area contributed by atoms with Crippen LogP contribution in [0.4, 0.5) is 5.69 Å². The topological polar surface area (TPSA) is 103 Å². The zero-order valence-electron chi connectivity index (χ0n) is 16.3. The van der Waals surface area contributed by atoms with E-state index in [9.17, 15) is 14.9 Å². The van der Waals surface area contributed by atoms with E-state index >= 15 is 0 Å². The lowest BCUT2D eigenvalue weighted by molar-refractivity contribution is -0.384. The van der Waals surface area contributed by atoms with Crippen molar-refractivity contribution in [3.8, 4) is 11.5 Å². The second-order valence-corrected chi connectivity index (χ2v) is 6.88. The molecule has 0 aromatic heterocycles. The second-order valence-electron chi connectivity index (χ2n) is 6.47. The maximum absolute atomic E-state index is 12.1. The molecular weight excluding hydrogens is 398 g/mol. The van der Waals surface area contributed by atoms with Gasteiger partial charge in [0.1, 0.15) is 0 Å². The van der Waals surface area contributed by atoms with E-state index in [1.165, 1.54) is 30.5 Å². The number of hydrogen-bond donors (Lipinski definition) is 1. The average molecular weight is 420 g/mol. The molecule has 0 fully saturated rings. The summed E-state index contributed by atoms with van der Waals surface area (Å²) in [5.41, 5.74) is 2.88. The number of hydrazone groups is 1. The molecule has 9 heteroatoms. The van der Waals surface area contributed by atoms with Gasteiger partial charge in [0, 0.05) is 17.7 Å². The lowest BCUT2D eigenvalue weighted by Crippen LogP contribution is -2.17.